The smallest absolute Gasteiger partial charge is 0.183 e. The van der Waals surface area contributed by atoms with Crippen LogP contribution in [-0.4, -0.2) is 5.11 Å². The summed E-state index contributed by atoms with van der Waals surface area (Å²) in [6.07, 6.45) is -0.697. The van der Waals surface area contributed by atoms with Gasteiger partial charge in [0.05, 0.1) is 4.47 Å². The predicted octanol–water partition coefficient (Wildman–Crippen LogP) is 4.26. The van der Waals surface area contributed by atoms with Gasteiger partial charge in [-0.1, -0.05) is 0 Å². The zero-order chi connectivity index (χ0) is 11.0. The van der Waals surface area contributed by atoms with Crippen LogP contribution in [0.25, 0.3) is 0 Å². The Morgan fingerprint density at radius 1 is 1.40 bits per heavy atom. The van der Waals surface area contributed by atoms with Crippen LogP contribution >= 0.6 is 43.2 Å². The molecule has 0 aliphatic carbocycles. The van der Waals surface area contributed by atoms with Crippen LogP contribution in [0.15, 0.2) is 31.1 Å². The van der Waals surface area contributed by atoms with E-state index < -0.39 is 6.10 Å². The molecule has 5 heteroatoms. The number of hydrogen-bond acceptors (Lipinski definition) is 3. The first-order valence-corrected chi connectivity index (χ1v) is 6.72. The molecule has 0 saturated heterocycles. The lowest BCUT2D eigenvalue weighted by molar-refractivity contribution is 0.188. The van der Waals surface area contributed by atoms with Crippen LogP contribution in [0.3, 0.4) is 0 Å². The molecule has 0 fully saturated rings. The molecular weight excluding hydrogens is 344 g/mol. The van der Waals surface area contributed by atoms with Gasteiger partial charge in [-0.05, 0) is 61.9 Å². The Bertz CT molecular complexity index is 456. The molecule has 0 spiro atoms. The standard InChI is InChI=1S/C10H8Br2O2S/c1-5-2-6(4-15-5)9(13)8-3-7(11)10(12)14-8/h2-4,9,13H,1H3. The van der Waals surface area contributed by atoms with Gasteiger partial charge in [-0.2, -0.15) is 0 Å². The number of aryl methyl sites for hydroxylation is 1. The quantitative estimate of drug-likeness (QED) is 0.877. The van der Waals surface area contributed by atoms with Crippen LogP contribution in [0, 0.1) is 6.92 Å². The van der Waals surface area contributed by atoms with Crippen LogP contribution < -0.4 is 0 Å². The molecule has 0 amide bonds. The van der Waals surface area contributed by atoms with Crippen LogP contribution in [0.4, 0.5) is 0 Å². The lowest BCUT2D eigenvalue weighted by atomic mass is 10.1. The fraction of sp³-hybridized carbons (Fsp3) is 0.200. The van der Waals surface area contributed by atoms with Gasteiger partial charge >= 0.3 is 0 Å². The van der Waals surface area contributed by atoms with Gasteiger partial charge in [0, 0.05) is 4.88 Å². The monoisotopic (exact) mass is 350 g/mol. The molecule has 1 N–H and O–H groups in total. The van der Waals surface area contributed by atoms with Crippen molar-refractivity contribution in [3.63, 3.8) is 0 Å². The average molecular weight is 352 g/mol. The Morgan fingerprint density at radius 2 is 2.13 bits per heavy atom. The lowest BCUT2D eigenvalue weighted by Crippen LogP contribution is -1.95. The fourth-order valence-corrected chi connectivity index (χ4v) is 2.60. The topological polar surface area (TPSA) is 33.4 Å². The highest BCUT2D eigenvalue weighted by Crippen LogP contribution is 2.33. The number of aliphatic hydroxyl groups is 1. The molecule has 0 saturated carbocycles. The molecular formula is C10H8Br2O2S. The van der Waals surface area contributed by atoms with Crippen molar-refractivity contribution in [1.82, 2.24) is 0 Å². The Balaban J connectivity index is 2.31. The van der Waals surface area contributed by atoms with Crippen molar-refractivity contribution in [2.45, 2.75) is 13.0 Å². The van der Waals surface area contributed by atoms with Gasteiger partial charge in [0.1, 0.15) is 11.9 Å². The van der Waals surface area contributed by atoms with E-state index in [1.54, 1.807) is 17.4 Å². The van der Waals surface area contributed by atoms with Crippen LogP contribution in [0.5, 0.6) is 0 Å². The number of hydrogen-bond donors (Lipinski definition) is 1. The number of rotatable bonds is 2. The molecule has 2 nitrogen and oxygen atoms in total. The first-order chi connectivity index (χ1) is 7.08. The average Bonchev–Trinajstić information content (AvgIpc) is 2.74. The first-order valence-electron chi connectivity index (χ1n) is 4.25. The fourth-order valence-electron chi connectivity index (χ4n) is 1.27. The van der Waals surface area contributed by atoms with Crippen molar-refractivity contribution in [2.24, 2.45) is 0 Å². The SMILES string of the molecule is Cc1cc(C(O)c2cc(Br)c(Br)o2)cs1. The molecule has 80 valence electrons. The predicted molar refractivity (Wildman–Crippen MR) is 67.2 cm³/mol. The number of halogens is 2. The van der Waals surface area contributed by atoms with E-state index in [0.717, 1.165) is 10.0 Å². The van der Waals surface area contributed by atoms with Crippen molar-refractivity contribution in [3.8, 4) is 0 Å². The van der Waals surface area contributed by atoms with Crippen molar-refractivity contribution >= 4 is 43.2 Å². The largest absolute Gasteiger partial charge is 0.450 e. The molecule has 0 radical (unpaired) electrons. The summed E-state index contributed by atoms with van der Waals surface area (Å²) in [6, 6.07) is 3.72. The highest BCUT2D eigenvalue weighted by Gasteiger charge is 2.17. The first kappa shape index (κ1) is 11.4. The van der Waals surface area contributed by atoms with E-state index in [-0.39, 0.29) is 0 Å². The third kappa shape index (κ3) is 2.36. The molecule has 2 aromatic rings. The van der Waals surface area contributed by atoms with Gasteiger partial charge in [0.15, 0.2) is 4.67 Å². The van der Waals surface area contributed by atoms with Crippen LogP contribution in [-0.2, 0) is 0 Å². The minimum absolute atomic E-state index is 0.534. The summed E-state index contributed by atoms with van der Waals surface area (Å²) in [4.78, 5) is 1.17. The Morgan fingerprint density at radius 3 is 2.60 bits per heavy atom. The zero-order valence-corrected chi connectivity index (χ0v) is 11.8. The van der Waals surface area contributed by atoms with Gasteiger partial charge in [-0.25, -0.2) is 0 Å². The summed E-state index contributed by atoms with van der Waals surface area (Å²) < 4.78 is 6.77. The van der Waals surface area contributed by atoms with E-state index in [0.29, 0.717) is 10.4 Å². The molecule has 15 heavy (non-hydrogen) atoms. The summed E-state index contributed by atoms with van der Waals surface area (Å²) in [5.41, 5.74) is 0.867. The molecule has 2 heterocycles. The number of aliphatic hydroxyl groups excluding tert-OH is 1. The summed E-state index contributed by atoms with van der Waals surface area (Å²) in [5, 5.41) is 11.9. The van der Waals surface area contributed by atoms with Gasteiger partial charge in [-0.15, -0.1) is 11.3 Å². The normalized spacial score (nSPS) is 13.1. The highest BCUT2D eigenvalue weighted by molar-refractivity contribution is 9.13. The lowest BCUT2D eigenvalue weighted by Gasteiger charge is -2.03. The van der Waals surface area contributed by atoms with Crippen molar-refractivity contribution in [1.29, 1.82) is 0 Å². The van der Waals surface area contributed by atoms with E-state index in [9.17, 15) is 5.11 Å². The van der Waals surface area contributed by atoms with E-state index in [1.807, 2.05) is 18.4 Å². The summed E-state index contributed by atoms with van der Waals surface area (Å²) in [7, 11) is 0. The van der Waals surface area contributed by atoms with Crippen LogP contribution in [0.2, 0.25) is 0 Å². The van der Waals surface area contributed by atoms with Gasteiger partial charge < -0.3 is 9.52 Å². The van der Waals surface area contributed by atoms with E-state index in [4.69, 9.17) is 4.42 Å². The minimum atomic E-state index is -0.697. The Kier molecular flexibility index (Phi) is 3.35. The van der Waals surface area contributed by atoms with Crippen molar-refractivity contribution < 1.29 is 9.52 Å². The van der Waals surface area contributed by atoms with E-state index in [1.165, 1.54) is 4.88 Å². The molecule has 0 aromatic carbocycles. The maximum absolute atomic E-state index is 10.0. The summed E-state index contributed by atoms with van der Waals surface area (Å²) in [5.74, 6) is 0.534. The molecule has 1 unspecified atom stereocenters. The molecule has 0 aliphatic rings. The maximum atomic E-state index is 10.0. The highest BCUT2D eigenvalue weighted by atomic mass is 79.9. The Labute approximate surface area is 108 Å². The number of furan rings is 1. The molecule has 0 bridgehead atoms. The molecule has 0 aliphatic heterocycles. The number of thiophene rings is 1. The van der Waals surface area contributed by atoms with Crippen LogP contribution in [0.1, 0.15) is 22.3 Å². The summed E-state index contributed by atoms with van der Waals surface area (Å²) >= 11 is 8.17. The molecule has 1 atom stereocenters. The second kappa shape index (κ2) is 4.41. The van der Waals surface area contributed by atoms with Crippen molar-refractivity contribution in [3.05, 3.63) is 42.9 Å². The molecule has 2 rings (SSSR count). The van der Waals surface area contributed by atoms with Gasteiger partial charge in [0.2, 0.25) is 0 Å². The summed E-state index contributed by atoms with van der Waals surface area (Å²) in [6.45, 7) is 2.01. The molecule has 2 aromatic heterocycles. The van der Waals surface area contributed by atoms with E-state index in [2.05, 4.69) is 31.9 Å². The Hall–Kier alpha value is -0.100. The van der Waals surface area contributed by atoms with Crippen molar-refractivity contribution in [2.75, 3.05) is 0 Å². The van der Waals surface area contributed by atoms with Gasteiger partial charge in [-0.3, -0.25) is 0 Å². The maximum Gasteiger partial charge on any atom is 0.183 e. The third-order valence-corrected chi connectivity index (χ3v) is 4.59. The second-order valence-electron chi connectivity index (χ2n) is 3.16. The second-order valence-corrected chi connectivity index (χ2v) is 5.85. The third-order valence-electron chi connectivity index (χ3n) is 2.00. The minimum Gasteiger partial charge on any atom is -0.450 e. The van der Waals surface area contributed by atoms with Gasteiger partial charge in [0.25, 0.3) is 0 Å². The zero-order valence-electron chi connectivity index (χ0n) is 7.83. The van der Waals surface area contributed by atoms with E-state index >= 15 is 0 Å².